The van der Waals surface area contributed by atoms with Crippen LogP contribution in [0.4, 0.5) is 0 Å². The second-order valence-electron chi connectivity index (χ2n) is 6.48. The van der Waals surface area contributed by atoms with Gasteiger partial charge in [0.1, 0.15) is 11.9 Å². The fourth-order valence-electron chi connectivity index (χ4n) is 2.73. The highest BCUT2D eigenvalue weighted by Gasteiger charge is 2.29. The van der Waals surface area contributed by atoms with Gasteiger partial charge >= 0.3 is 0 Å². The number of ether oxygens (including phenoxy) is 2. The Hall–Kier alpha value is -2.41. The summed E-state index contributed by atoms with van der Waals surface area (Å²) in [6.45, 7) is 5.60. The molecule has 7 heteroatoms. The molecule has 1 atom stereocenters. The number of methoxy groups -OCH3 is 1. The van der Waals surface area contributed by atoms with E-state index in [-0.39, 0.29) is 12.0 Å². The summed E-state index contributed by atoms with van der Waals surface area (Å²) in [4.78, 5) is 18.5. The number of benzene rings is 1. The van der Waals surface area contributed by atoms with Gasteiger partial charge in [0.15, 0.2) is 0 Å². The van der Waals surface area contributed by atoms with Crippen molar-refractivity contribution in [2.75, 3.05) is 26.8 Å². The van der Waals surface area contributed by atoms with Crippen LogP contribution in [0.15, 0.2) is 28.8 Å². The molecular weight excluding hydrogens is 322 g/mol. The predicted molar refractivity (Wildman–Crippen MR) is 91.0 cm³/mol. The van der Waals surface area contributed by atoms with Gasteiger partial charge in [0.2, 0.25) is 11.7 Å². The molecule has 25 heavy (non-hydrogen) atoms. The molecule has 0 radical (unpaired) electrons. The molecule has 0 spiro atoms. The Bertz CT molecular complexity index is 711. The topological polar surface area (TPSA) is 77.7 Å². The van der Waals surface area contributed by atoms with Gasteiger partial charge in [-0.3, -0.25) is 4.79 Å². The van der Waals surface area contributed by atoms with E-state index < -0.39 is 0 Å². The third-order valence-electron chi connectivity index (χ3n) is 4.07. The lowest BCUT2D eigenvalue weighted by Gasteiger charge is -2.31. The van der Waals surface area contributed by atoms with Crippen LogP contribution >= 0.6 is 0 Å². The summed E-state index contributed by atoms with van der Waals surface area (Å²) in [5, 5.41) is 4.03. The number of morpholine rings is 1. The van der Waals surface area contributed by atoms with Crippen LogP contribution in [0.2, 0.25) is 0 Å². The Balaban J connectivity index is 1.69. The molecule has 1 fully saturated rings. The highest BCUT2D eigenvalue weighted by molar-refractivity contribution is 5.76. The summed E-state index contributed by atoms with van der Waals surface area (Å²) in [6, 6.07) is 7.39. The number of amides is 1. The molecular formula is C18H23N3O4. The highest BCUT2D eigenvalue weighted by atomic mass is 16.5. The Kier molecular flexibility index (Phi) is 5.33. The van der Waals surface area contributed by atoms with Crippen molar-refractivity contribution in [3.63, 3.8) is 0 Å². The standard InChI is InChI=1S/C18H23N3O4/c1-12(2)10-16(22)21-8-9-24-15(11-21)17-19-18(25-20-17)13-4-6-14(23-3)7-5-13/h4-7,12,15H,8-11H2,1-3H3/t15-/m0/s1. The second-order valence-corrected chi connectivity index (χ2v) is 6.48. The van der Waals surface area contributed by atoms with Crippen LogP contribution in [-0.4, -0.2) is 47.8 Å². The normalized spacial score (nSPS) is 17.8. The first-order valence-corrected chi connectivity index (χ1v) is 8.44. The van der Waals surface area contributed by atoms with Crippen LogP contribution in [0, 0.1) is 5.92 Å². The van der Waals surface area contributed by atoms with Crippen molar-refractivity contribution in [1.82, 2.24) is 15.0 Å². The van der Waals surface area contributed by atoms with E-state index in [4.69, 9.17) is 14.0 Å². The summed E-state index contributed by atoms with van der Waals surface area (Å²) >= 11 is 0. The first kappa shape index (κ1) is 17.4. The van der Waals surface area contributed by atoms with Crippen molar-refractivity contribution < 1.29 is 18.8 Å². The quantitative estimate of drug-likeness (QED) is 0.829. The summed E-state index contributed by atoms with van der Waals surface area (Å²) in [5.41, 5.74) is 0.808. The first-order chi connectivity index (χ1) is 12.1. The van der Waals surface area contributed by atoms with Gasteiger partial charge in [0.25, 0.3) is 5.89 Å². The van der Waals surface area contributed by atoms with Crippen LogP contribution in [0.25, 0.3) is 11.5 Å². The molecule has 2 aromatic rings. The Morgan fingerprint density at radius 2 is 2.12 bits per heavy atom. The minimum Gasteiger partial charge on any atom is -0.497 e. The molecule has 0 N–H and O–H groups in total. The van der Waals surface area contributed by atoms with Crippen molar-refractivity contribution in [3.8, 4) is 17.2 Å². The zero-order valence-electron chi connectivity index (χ0n) is 14.8. The van der Waals surface area contributed by atoms with E-state index in [0.717, 1.165) is 11.3 Å². The lowest BCUT2D eigenvalue weighted by atomic mass is 10.1. The highest BCUT2D eigenvalue weighted by Crippen LogP contribution is 2.25. The predicted octanol–water partition coefficient (Wildman–Crippen LogP) is 2.69. The monoisotopic (exact) mass is 345 g/mol. The molecule has 1 saturated heterocycles. The fourth-order valence-corrected chi connectivity index (χ4v) is 2.73. The molecule has 0 aliphatic carbocycles. The number of carbonyl (C=O) groups is 1. The average molecular weight is 345 g/mol. The summed E-state index contributed by atoms with van der Waals surface area (Å²) in [7, 11) is 1.62. The molecule has 1 aliphatic heterocycles. The molecule has 1 aliphatic rings. The molecule has 3 rings (SSSR count). The minimum atomic E-state index is -0.361. The summed E-state index contributed by atoms with van der Waals surface area (Å²) in [5.74, 6) is 2.13. The van der Waals surface area contributed by atoms with E-state index >= 15 is 0 Å². The van der Waals surface area contributed by atoms with Gasteiger partial charge in [-0.2, -0.15) is 4.98 Å². The lowest BCUT2D eigenvalue weighted by Crippen LogP contribution is -2.42. The molecule has 1 aromatic carbocycles. The number of nitrogens with zero attached hydrogens (tertiary/aromatic N) is 3. The van der Waals surface area contributed by atoms with Gasteiger partial charge in [-0.05, 0) is 30.2 Å². The van der Waals surface area contributed by atoms with Crippen molar-refractivity contribution in [2.45, 2.75) is 26.4 Å². The third kappa shape index (κ3) is 4.17. The van der Waals surface area contributed by atoms with Crippen LogP contribution < -0.4 is 4.74 Å². The van der Waals surface area contributed by atoms with Crippen molar-refractivity contribution in [2.24, 2.45) is 5.92 Å². The maximum Gasteiger partial charge on any atom is 0.258 e. The minimum absolute atomic E-state index is 0.141. The Labute approximate surface area is 146 Å². The number of hydrogen-bond donors (Lipinski definition) is 0. The largest absolute Gasteiger partial charge is 0.497 e. The molecule has 2 heterocycles. The van der Waals surface area contributed by atoms with E-state index in [2.05, 4.69) is 10.1 Å². The van der Waals surface area contributed by atoms with E-state index in [0.29, 0.717) is 43.8 Å². The Morgan fingerprint density at radius 1 is 1.36 bits per heavy atom. The van der Waals surface area contributed by atoms with Crippen molar-refractivity contribution >= 4 is 5.91 Å². The van der Waals surface area contributed by atoms with Crippen LogP contribution in [0.1, 0.15) is 32.2 Å². The van der Waals surface area contributed by atoms with E-state index in [1.54, 1.807) is 7.11 Å². The molecule has 1 amide bonds. The van der Waals surface area contributed by atoms with E-state index in [1.165, 1.54) is 0 Å². The fraction of sp³-hybridized carbons (Fsp3) is 0.500. The van der Waals surface area contributed by atoms with Crippen LogP contribution in [0.3, 0.4) is 0 Å². The van der Waals surface area contributed by atoms with Gasteiger partial charge in [-0.15, -0.1) is 0 Å². The number of hydrogen-bond acceptors (Lipinski definition) is 6. The molecule has 7 nitrogen and oxygen atoms in total. The number of carbonyl (C=O) groups excluding carboxylic acids is 1. The summed E-state index contributed by atoms with van der Waals surface area (Å²) in [6.07, 6.45) is 0.177. The van der Waals surface area contributed by atoms with E-state index in [9.17, 15) is 4.79 Å². The van der Waals surface area contributed by atoms with Crippen molar-refractivity contribution in [1.29, 1.82) is 0 Å². The molecule has 134 valence electrons. The maximum absolute atomic E-state index is 12.3. The lowest BCUT2D eigenvalue weighted by molar-refractivity contribution is -0.140. The first-order valence-electron chi connectivity index (χ1n) is 8.44. The molecule has 0 bridgehead atoms. The maximum atomic E-state index is 12.3. The molecule has 1 aromatic heterocycles. The SMILES string of the molecule is COc1ccc(-c2nc([C@@H]3CN(C(=O)CC(C)C)CCO3)no2)cc1. The second kappa shape index (κ2) is 7.65. The van der Waals surface area contributed by atoms with Gasteiger partial charge in [-0.1, -0.05) is 19.0 Å². The van der Waals surface area contributed by atoms with E-state index in [1.807, 2.05) is 43.0 Å². The van der Waals surface area contributed by atoms with Gasteiger partial charge in [-0.25, -0.2) is 0 Å². The van der Waals surface area contributed by atoms with Crippen LogP contribution in [0.5, 0.6) is 5.75 Å². The average Bonchev–Trinajstić information content (AvgIpc) is 3.11. The van der Waals surface area contributed by atoms with Crippen LogP contribution in [-0.2, 0) is 9.53 Å². The Morgan fingerprint density at radius 3 is 2.80 bits per heavy atom. The molecule has 0 unspecified atom stereocenters. The summed E-state index contributed by atoms with van der Waals surface area (Å²) < 4.78 is 16.2. The number of rotatable bonds is 5. The van der Waals surface area contributed by atoms with Gasteiger partial charge in [0.05, 0.1) is 20.3 Å². The number of aromatic nitrogens is 2. The van der Waals surface area contributed by atoms with Gasteiger partial charge < -0.3 is 18.9 Å². The zero-order chi connectivity index (χ0) is 17.8. The van der Waals surface area contributed by atoms with Crippen molar-refractivity contribution in [3.05, 3.63) is 30.1 Å². The van der Waals surface area contributed by atoms with Gasteiger partial charge in [0, 0.05) is 18.5 Å². The molecule has 0 saturated carbocycles. The third-order valence-corrected chi connectivity index (χ3v) is 4.07. The smallest absolute Gasteiger partial charge is 0.258 e. The zero-order valence-corrected chi connectivity index (χ0v) is 14.8.